The second-order valence-corrected chi connectivity index (χ2v) is 6.58. The highest BCUT2D eigenvalue weighted by atomic mass is 32.2. The van der Waals surface area contributed by atoms with Gasteiger partial charge in [0.1, 0.15) is 0 Å². The summed E-state index contributed by atoms with van der Waals surface area (Å²) in [4.78, 5) is 11.0. The minimum absolute atomic E-state index is 0.0666. The molecule has 6 heteroatoms. The fourth-order valence-corrected chi connectivity index (χ4v) is 3.45. The van der Waals surface area contributed by atoms with Crippen molar-refractivity contribution >= 4 is 24.5 Å². The van der Waals surface area contributed by atoms with Crippen molar-refractivity contribution in [1.82, 2.24) is 5.32 Å². The van der Waals surface area contributed by atoms with Gasteiger partial charge in [-0.05, 0) is 36.3 Å². The zero-order chi connectivity index (χ0) is 13.3. The standard InChI is InChI=1S/C12H21BNO3S/c1-12(2)7-4-8(12)10(15)9(5-7)17-13-6-14-11(16)18-3/h7-10,15H,4-6H2,1-3H3,(H,14,16). The van der Waals surface area contributed by atoms with Crippen molar-refractivity contribution < 1.29 is 14.6 Å². The van der Waals surface area contributed by atoms with Crippen molar-refractivity contribution in [3.63, 3.8) is 0 Å². The topological polar surface area (TPSA) is 58.6 Å². The van der Waals surface area contributed by atoms with Gasteiger partial charge in [0.15, 0.2) is 0 Å². The molecule has 0 heterocycles. The molecule has 3 aliphatic carbocycles. The second kappa shape index (κ2) is 5.43. The van der Waals surface area contributed by atoms with Crippen LogP contribution in [0, 0.1) is 17.3 Å². The number of rotatable bonds is 4. The molecule has 0 aromatic heterocycles. The minimum atomic E-state index is -0.377. The Morgan fingerprint density at radius 3 is 2.83 bits per heavy atom. The molecule has 1 amide bonds. The third-order valence-corrected chi connectivity index (χ3v) is 5.16. The molecule has 3 rings (SSSR count). The van der Waals surface area contributed by atoms with E-state index in [-0.39, 0.29) is 22.9 Å². The smallest absolute Gasteiger partial charge is 0.313 e. The van der Waals surface area contributed by atoms with Gasteiger partial charge < -0.3 is 15.1 Å². The Labute approximate surface area is 114 Å². The summed E-state index contributed by atoms with van der Waals surface area (Å²) in [5.74, 6) is 1.01. The quantitative estimate of drug-likeness (QED) is 0.599. The molecule has 3 fully saturated rings. The summed E-state index contributed by atoms with van der Waals surface area (Å²) in [7, 11) is 1.60. The third-order valence-electron chi connectivity index (χ3n) is 4.64. The molecule has 0 aromatic rings. The Bertz CT molecular complexity index is 326. The second-order valence-electron chi connectivity index (χ2n) is 5.80. The number of aliphatic hydroxyl groups excluding tert-OH is 1. The van der Waals surface area contributed by atoms with E-state index in [9.17, 15) is 9.90 Å². The molecule has 4 unspecified atom stereocenters. The van der Waals surface area contributed by atoms with Crippen LogP contribution in [0.5, 0.6) is 0 Å². The normalized spacial score (nSPS) is 36.7. The lowest BCUT2D eigenvalue weighted by molar-refractivity contribution is -0.185. The van der Waals surface area contributed by atoms with Gasteiger partial charge >= 0.3 is 7.48 Å². The molecule has 4 nitrogen and oxygen atoms in total. The van der Waals surface area contributed by atoms with Gasteiger partial charge in [0.05, 0.1) is 12.2 Å². The lowest BCUT2D eigenvalue weighted by atomic mass is 9.47. The Morgan fingerprint density at radius 2 is 2.28 bits per heavy atom. The zero-order valence-electron chi connectivity index (χ0n) is 11.2. The first-order chi connectivity index (χ1) is 8.46. The van der Waals surface area contributed by atoms with Crippen LogP contribution in [-0.4, -0.2) is 42.7 Å². The molecule has 0 spiro atoms. The number of fused-ring (bicyclic) bond motifs is 2. The predicted octanol–water partition coefficient (Wildman–Crippen LogP) is 1.45. The first-order valence-electron chi connectivity index (χ1n) is 6.43. The molecule has 0 saturated heterocycles. The van der Waals surface area contributed by atoms with Gasteiger partial charge in [0.25, 0.3) is 5.24 Å². The largest absolute Gasteiger partial charge is 0.433 e. The lowest BCUT2D eigenvalue weighted by Crippen LogP contribution is -2.61. The average molecular weight is 270 g/mol. The van der Waals surface area contributed by atoms with E-state index in [4.69, 9.17) is 4.65 Å². The molecule has 0 aromatic carbocycles. The van der Waals surface area contributed by atoms with Crippen LogP contribution in [0.4, 0.5) is 4.79 Å². The maximum atomic E-state index is 11.0. The third kappa shape index (κ3) is 2.56. The van der Waals surface area contributed by atoms with E-state index < -0.39 is 0 Å². The number of thioether (sulfide) groups is 1. The Morgan fingerprint density at radius 1 is 1.56 bits per heavy atom. The fourth-order valence-electron chi connectivity index (χ4n) is 3.22. The van der Waals surface area contributed by atoms with Gasteiger partial charge in [-0.15, -0.1) is 0 Å². The summed E-state index contributed by atoms with van der Waals surface area (Å²) in [5, 5.41) is 12.8. The van der Waals surface area contributed by atoms with E-state index in [1.165, 1.54) is 0 Å². The van der Waals surface area contributed by atoms with Crippen LogP contribution in [0.25, 0.3) is 0 Å². The number of carbonyl (C=O) groups is 1. The molecule has 2 N–H and O–H groups in total. The molecule has 2 bridgehead atoms. The number of amides is 1. The molecule has 3 saturated carbocycles. The summed E-state index contributed by atoms with van der Waals surface area (Å²) < 4.78 is 5.59. The molecule has 3 aliphatic rings. The maximum absolute atomic E-state index is 11.0. The summed E-state index contributed by atoms with van der Waals surface area (Å²) in [6, 6.07) is 0. The Balaban J connectivity index is 1.71. The Hall–Kier alpha value is -0.195. The van der Waals surface area contributed by atoms with Gasteiger partial charge in [0.2, 0.25) is 0 Å². The first kappa shape index (κ1) is 14.2. The number of carbonyl (C=O) groups excluding carboxylic acids is 1. The van der Waals surface area contributed by atoms with Crippen molar-refractivity contribution in [1.29, 1.82) is 0 Å². The maximum Gasteiger partial charge on any atom is 0.313 e. The summed E-state index contributed by atoms with van der Waals surface area (Å²) in [6.07, 6.45) is 3.68. The van der Waals surface area contributed by atoms with Crippen molar-refractivity contribution in [2.45, 2.75) is 38.9 Å². The van der Waals surface area contributed by atoms with Crippen molar-refractivity contribution in [3.8, 4) is 0 Å². The SMILES string of the molecule is CSC(=O)NC[B]OC1CC2CC(C1O)C2(C)C. The van der Waals surface area contributed by atoms with Crippen molar-refractivity contribution in [3.05, 3.63) is 0 Å². The van der Waals surface area contributed by atoms with E-state index in [0.29, 0.717) is 18.3 Å². The van der Waals surface area contributed by atoms with Crippen LogP contribution < -0.4 is 5.32 Å². The highest BCUT2D eigenvalue weighted by Gasteiger charge is 2.57. The van der Waals surface area contributed by atoms with Crippen molar-refractivity contribution in [2.75, 3.05) is 12.7 Å². The summed E-state index contributed by atoms with van der Waals surface area (Å²) in [6.45, 7) is 4.46. The zero-order valence-corrected chi connectivity index (χ0v) is 12.0. The molecular weight excluding hydrogens is 249 g/mol. The van der Waals surface area contributed by atoms with Gasteiger partial charge in [-0.2, -0.15) is 0 Å². The van der Waals surface area contributed by atoms with Crippen LogP contribution in [0.2, 0.25) is 0 Å². The highest BCUT2D eigenvalue weighted by Crippen LogP contribution is 2.59. The average Bonchev–Trinajstić information content (AvgIpc) is 2.35. The number of nitrogens with one attached hydrogen (secondary N) is 1. The minimum Gasteiger partial charge on any atom is -0.433 e. The monoisotopic (exact) mass is 270 g/mol. The van der Waals surface area contributed by atoms with E-state index in [1.807, 2.05) is 0 Å². The summed E-state index contributed by atoms with van der Waals surface area (Å²) >= 11 is 1.14. The van der Waals surface area contributed by atoms with E-state index in [1.54, 1.807) is 13.7 Å². The predicted molar refractivity (Wildman–Crippen MR) is 73.5 cm³/mol. The van der Waals surface area contributed by atoms with Crippen LogP contribution in [-0.2, 0) is 4.65 Å². The number of hydrogen-bond donors (Lipinski definition) is 2. The van der Waals surface area contributed by atoms with Gasteiger partial charge in [-0.1, -0.05) is 25.6 Å². The van der Waals surface area contributed by atoms with Gasteiger partial charge in [0, 0.05) is 6.44 Å². The molecule has 101 valence electrons. The van der Waals surface area contributed by atoms with Crippen molar-refractivity contribution in [2.24, 2.45) is 17.3 Å². The molecule has 1 radical (unpaired) electrons. The molecule has 0 aliphatic heterocycles. The van der Waals surface area contributed by atoms with Crippen LogP contribution >= 0.6 is 11.8 Å². The van der Waals surface area contributed by atoms with E-state index in [0.717, 1.165) is 24.6 Å². The van der Waals surface area contributed by atoms with E-state index >= 15 is 0 Å². The molecular formula is C12H21BNO3S. The first-order valence-corrected chi connectivity index (χ1v) is 7.66. The lowest BCUT2D eigenvalue weighted by Gasteiger charge is -2.60. The molecule has 4 atom stereocenters. The molecule has 18 heavy (non-hydrogen) atoms. The van der Waals surface area contributed by atoms with Crippen LogP contribution in [0.3, 0.4) is 0 Å². The van der Waals surface area contributed by atoms with Crippen LogP contribution in [0.1, 0.15) is 26.7 Å². The summed E-state index contributed by atoms with van der Waals surface area (Å²) in [5.41, 5.74) is 0.256. The fraction of sp³-hybridized carbons (Fsp3) is 0.917. The highest BCUT2D eigenvalue weighted by molar-refractivity contribution is 8.12. The van der Waals surface area contributed by atoms with Gasteiger partial charge in [-0.25, -0.2) is 0 Å². The number of hydrogen-bond acceptors (Lipinski definition) is 4. The van der Waals surface area contributed by atoms with Gasteiger partial charge in [-0.3, -0.25) is 4.79 Å². The van der Waals surface area contributed by atoms with E-state index in [2.05, 4.69) is 19.2 Å². The number of aliphatic hydroxyl groups is 1. The van der Waals surface area contributed by atoms with Crippen LogP contribution in [0.15, 0.2) is 0 Å². The Kier molecular flexibility index (Phi) is 4.29.